The molecule has 0 aliphatic heterocycles. The van der Waals surface area contributed by atoms with Gasteiger partial charge in [0.1, 0.15) is 0 Å². The van der Waals surface area contributed by atoms with E-state index >= 15 is 0 Å². The zero-order chi connectivity index (χ0) is 18.5. The van der Waals surface area contributed by atoms with Crippen molar-refractivity contribution < 1.29 is 13.6 Å². The molecule has 0 fully saturated rings. The fourth-order valence-corrected chi connectivity index (χ4v) is 2.35. The maximum absolute atomic E-state index is 13.2. The van der Waals surface area contributed by atoms with Crippen molar-refractivity contribution in [2.75, 3.05) is 10.6 Å². The molecule has 3 rings (SSSR count). The lowest BCUT2D eigenvalue weighted by Crippen LogP contribution is -2.13. The van der Waals surface area contributed by atoms with Gasteiger partial charge in [0.15, 0.2) is 11.6 Å². The Kier molecular flexibility index (Phi) is 5.22. The summed E-state index contributed by atoms with van der Waals surface area (Å²) in [6.45, 7) is 2.62. The molecule has 4 nitrogen and oxygen atoms in total. The average Bonchev–Trinajstić information content (AvgIpc) is 2.64. The molecule has 0 aliphatic rings. The quantitative estimate of drug-likeness (QED) is 0.708. The fraction of sp³-hybridized carbons (Fsp3) is 0.100. The van der Waals surface area contributed by atoms with Crippen LogP contribution in [0.1, 0.15) is 21.5 Å². The number of hydrogen-bond donors (Lipinski definition) is 2. The molecule has 0 saturated carbocycles. The Bertz CT molecular complexity index is 927. The number of aryl methyl sites for hydroxylation is 1. The molecular formula is C20H17F2N3O. The van der Waals surface area contributed by atoms with E-state index < -0.39 is 17.5 Å². The zero-order valence-corrected chi connectivity index (χ0v) is 14.1. The summed E-state index contributed by atoms with van der Waals surface area (Å²) >= 11 is 0. The van der Waals surface area contributed by atoms with Gasteiger partial charge in [-0.25, -0.2) is 8.78 Å². The van der Waals surface area contributed by atoms with E-state index in [2.05, 4.69) is 15.6 Å². The number of benzene rings is 2. The number of hydrogen-bond acceptors (Lipinski definition) is 3. The summed E-state index contributed by atoms with van der Waals surface area (Å²) in [6, 6.07) is 12.9. The fourth-order valence-electron chi connectivity index (χ4n) is 2.35. The van der Waals surface area contributed by atoms with E-state index in [4.69, 9.17) is 0 Å². The third-order valence-corrected chi connectivity index (χ3v) is 3.80. The molecule has 3 aromatic rings. The van der Waals surface area contributed by atoms with Crippen molar-refractivity contribution in [1.82, 2.24) is 4.98 Å². The summed E-state index contributed by atoms with van der Waals surface area (Å²) < 4.78 is 26.2. The summed E-state index contributed by atoms with van der Waals surface area (Å²) in [5.41, 5.74) is 3.46. The largest absolute Gasteiger partial charge is 0.380 e. The molecule has 0 saturated heterocycles. The van der Waals surface area contributed by atoms with Crippen LogP contribution in [0, 0.1) is 18.6 Å². The molecule has 1 heterocycles. The monoisotopic (exact) mass is 353 g/mol. The number of halogens is 2. The predicted molar refractivity (Wildman–Crippen MR) is 97.1 cm³/mol. The first-order valence-electron chi connectivity index (χ1n) is 8.02. The van der Waals surface area contributed by atoms with Crippen molar-refractivity contribution in [2.45, 2.75) is 13.5 Å². The molecule has 0 spiro atoms. The maximum atomic E-state index is 13.2. The lowest BCUT2D eigenvalue weighted by molar-refractivity contribution is 0.102. The second-order valence-corrected chi connectivity index (χ2v) is 5.88. The minimum absolute atomic E-state index is 0.173. The van der Waals surface area contributed by atoms with Gasteiger partial charge in [-0.3, -0.25) is 9.78 Å². The lowest BCUT2D eigenvalue weighted by atomic mass is 10.1. The van der Waals surface area contributed by atoms with Crippen molar-refractivity contribution in [3.05, 3.63) is 89.2 Å². The third kappa shape index (κ3) is 4.42. The normalized spacial score (nSPS) is 10.4. The topological polar surface area (TPSA) is 54.0 Å². The number of rotatable bonds is 5. The summed E-state index contributed by atoms with van der Waals surface area (Å²) in [5.74, 6) is -2.44. The van der Waals surface area contributed by atoms with Crippen LogP contribution in [0.5, 0.6) is 0 Å². The number of anilines is 2. The molecule has 1 amide bonds. The van der Waals surface area contributed by atoms with Gasteiger partial charge in [-0.1, -0.05) is 29.8 Å². The second kappa shape index (κ2) is 7.74. The van der Waals surface area contributed by atoms with E-state index in [-0.39, 0.29) is 5.69 Å². The number of amides is 1. The number of nitrogens with one attached hydrogen (secondary N) is 2. The smallest absolute Gasteiger partial charge is 0.257 e. The standard InChI is InChI=1S/C20H17F2N3O/c1-13-2-4-14(5-3-13)10-24-17-8-15(11-23-12-17)20(26)25-16-6-7-18(21)19(22)9-16/h2-9,11-12,24H,10H2,1H3,(H,25,26). The van der Waals surface area contributed by atoms with Crippen LogP contribution in [-0.4, -0.2) is 10.9 Å². The molecule has 2 aromatic carbocycles. The van der Waals surface area contributed by atoms with Crippen LogP contribution in [0.2, 0.25) is 0 Å². The van der Waals surface area contributed by atoms with E-state index in [1.807, 2.05) is 31.2 Å². The van der Waals surface area contributed by atoms with Crippen LogP contribution in [-0.2, 0) is 6.54 Å². The van der Waals surface area contributed by atoms with Crippen molar-refractivity contribution in [1.29, 1.82) is 0 Å². The van der Waals surface area contributed by atoms with Crippen LogP contribution in [0.3, 0.4) is 0 Å². The Labute approximate surface area is 149 Å². The molecule has 6 heteroatoms. The molecule has 132 valence electrons. The number of pyridine rings is 1. The minimum Gasteiger partial charge on any atom is -0.380 e. The van der Waals surface area contributed by atoms with Gasteiger partial charge < -0.3 is 10.6 Å². The van der Waals surface area contributed by atoms with Crippen LogP contribution >= 0.6 is 0 Å². The highest BCUT2D eigenvalue weighted by Crippen LogP contribution is 2.16. The molecule has 0 bridgehead atoms. The average molecular weight is 353 g/mol. The predicted octanol–water partition coefficient (Wildman–Crippen LogP) is 4.53. The summed E-state index contributed by atoms with van der Waals surface area (Å²) in [7, 11) is 0. The van der Waals surface area contributed by atoms with Gasteiger partial charge in [0.05, 0.1) is 11.3 Å². The second-order valence-electron chi connectivity index (χ2n) is 5.88. The maximum Gasteiger partial charge on any atom is 0.257 e. The third-order valence-electron chi connectivity index (χ3n) is 3.80. The van der Waals surface area contributed by atoms with Gasteiger partial charge in [0, 0.05) is 30.7 Å². The van der Waals surface area contributed by atoms with Crippen molar-refractivity contribution in [2.24, 2.45) is 0 Å². The first kappa shape index (κ1) is 17.5. The van der Waals surface area contributed by atoms with Gasteiger partial charge in [-0.2, -0.15) is 0 Å². The van der Waals surface area contributed by atoms with E-state index in [1.165, 1.54) is 17.8 Å². The zero-order valence-electron chi connectivity index (χ0n) is 14.1. The highest BCUT2D eigenvalue weighted by atomic mass is 19.2. The molecule has 26 heavy (non-hydrogen) atoms. The molecular weight excluding hydrogens is 336 g/mol. The summed E-state index contributed by atoms with van der Waals surface area (Å²) in [5, 5.41) is 5.72. The van der Waals surface area contributed by atoms with Gasteiger partial charge >= 0.3 is 0 Å². The number of carbonyl (C=O) groups excluding carboxylic acids is 1. The van der Waals surface area contributed by atoms with Crippen LogP contribution in [0.4, 0.5) is 20.2 Å². The van der Waals surface area contributed by atoms with E-state index in [9.17, 15) is 13.6 Å². The minimum atomic E-state index is -1.02. The van der Waals surface area contributed by atoms with Crippen molar-refractivity contribution in [3.8, 4) is 0 Å². The number of carbonyl (C=O) groups is 1. The molecule has 2 N–H and O–H groups in total. The van der Waals surface area contributed by atoms with Gasteiger partial charge in [0.2, 0.25) is 0 Å². The van der Waals surface area contributed by atoms with Gasteiger partial charge in [-0.15, -0.1) is 0 Å². The Morgan fingerprint density at radius 2 is 1.73 bits per heavy atom. The molecule has 0 aliphatic carbocycles. The molecule has 0 radical (unpaired) electrons. The Morgan fingerprint density at radius 1 is 0.962 bits per heavy atom. The molecule has 0 atom stereocenters. The summed E-state index contributed by atoms with van der Waals surface area (Å²) in [6.07, 6.45) is 3.02. The molecule has 0 unspecified atom stereocenters. The highest BCUT2D eigenvalue weighted by molar-refractivity contribution is 6.04. The van der Waals surface area contributed by atoms with E-state index in [1.54, 1.807) is 12.3 Å². The first-order valence-corrected chi connectivity index (χ1v) is 8.02. The van der Waals surface area contributed by atoms with Gasteiger partial charge in [-0.05, 0) is 30.7 Å². The SMILES string of the molecule is Cc1ccc(CNc2cncc(C(=O)Nc3ccc(F)c(F)c3)c2)cc1. The van der Waals surface area contributed by atoms with E-state index in [0.29, 0.717) is 17.8 Å². The number of aromatic nitrogens is 1. The van der Waals surface area contributed by atoms with E-state index in [0.717, 1.165) is 17.7 Å². The Hall–Kier alpha value is -3.28. The van der Waals surface area contributed by atoms with Crippen molar-refractivity contribution in [3.63, 3.8) is 0 Å². The highest BCUT2D eigenvalue weighted by Gasteiger charge is 2.09. The lowest BCUT2D eigenvalue weighted by Gasteiger charge is -2.09. The van der Waals surface area contributed by atoms with Crippen molar-refractivity contribution >= 4 is 17.3 Å². The summed E-state index contributed by atoms with van der Waals surface area (Å²) in [4.78, 5) is 16.3. The Morgan fingerprint density at radius 3 is 2.46 bits per heavy atom. The van der Waals surface area contributed by atoms with Gasteiger partial charge in [0.25, 0.3) is 5.91 Å². The first-order chi connectivity index (χ1) is 12.5. The Balaban J connectivity index is 1.66. The van der Waals surface area contributed by atoms with Crippen LogP contribution in [0.15, 0.2) is 60.9 Å². The number of nitrogens with zero attached hydrogens (tertiary/aromatic N) is 1. The van der Waals surface area contributed by atoms with Crippen LogP contribution in [0.25, 0.3) is 0 Å². The molecule has 1 aromatic heterocycles. The van der Waals surface area contributed by atoms with Crippen LogP contribution < -0.4 is 10.6 Å².